The highest BCUT2D eigenvalue weighted by Crippen LogP contribution is 2.30. The summed E-state index contributed by atoms with van der Waals surface area (Å²) in [7, 11) is 0. The second kappa shape index (κ2) is 5.83. The van der Waals surface area contributed by atoms with Crippen molar-refractivity contribution in [3.05, 3.63) is 24.3 Å². The molecule has 2 rings (SSSR count). The monoisotopic (exact) mass is 283 g/mol. The standard InChI is InChI=1S/C12H13NO5S/c14-11(13-7(6-19)12(15)16)10-5-17-8-3-1-2-4-9(8)18-10/h1-4,7,10,19H,5-6H2,(H,13,14)(H,15,16). The van der Waals surface area contributed by atoms with Crippen molar-refractivity contribution in [1.29, 1.82) is 0 Å². The van der Waals surface area contributed by atoms with Crippen molar-refractivity contribution in [2.75, 3.05) is 12.4 Å². The van der Waals surface area contributed by atoms with Gasteiger partial charge in [0.25, 0.3) is 5.91 Å². The molecule has 102 valence electrons. The Labute approximate surface area is 115 Å². The molecule has 0 saturated carbocycles. The van der Waals surface area contributed by atoms with Crippen LogP contribution >= 0.6 is 12.6 Å². The SMILES string of the molecule is O=C(O)C(CS)NC(=O)C1COc2ccccc2O1. The molecule has 1 amide bonds. The van der Waals surface area contributed by atoms with Crippen molar-refractivity contribution in [2.45, 2.75) is 12.1 Å². The molecule has 1 aromatic rings. The Morgan fingerprint density at radius 3 is 2.74 bits per heavy atom. The molecule has 0 saturated heterocycles. The quantitative estimate of drug-likeness (QED) is 0.693. The van der Waals surface area contributed by atoms with Gasteiger partial charge in [-0.2, -0.15) is 12.6 Å². The molecule has 0 aliphatic carbocycles. The van der Waals surface area contributed by atoms with E-state index in [1.165, 1.54) is 0 Å². The number of ether oxygens (including phenoxy) is 2. The summed E-state index contributed by atoms with van der Waals surface area (Å²) in [6, 6.07) is 5.93. The molecule has 1 aromatic carbocycles. The second-order valence-corrected chi connectivity index (χ2v) is 4.31. The normalized spacial score (nSPS) is 18.5. The van der Waals surface area contributed by atoms with Gasteiger partial charge in [-0.3, -0.25) is 4.79 Å². The third-order valence-corrected chi connectivity index (χ3v) is 2.96. The maximum absolute atomic E-state index is 11.9. The second-order valence-electron chi connectivity index (χ2n) is 3.95. The van der Waals surface area contributed by atoms with Crippen molar-refractivity contribution >= 4 is 24.5 Å². The number of benzene rings is 1. The summed E-state index contributed by atoms with van der Waals surface area (Å²) < 4.78 is 10.8. The van der Waals surface area contributed by atoms with E-state index >= 15 is 0 Å². The molecule has 0 spiro atoms. The number of rotatable bonds is 4. The molecule has 0 aromatic heterocycles. The van der Waals surface area contributed by atoms with Gasteiger partial charge in [0.1, 0.15) is 12.6 Å². The maximum Gasteiger partial charge on any atom is 0.327 e. The minimum Gasteiger partial charge on any atom is -0.485 e. The maximum atomic E-state index is 11.9. The Hall–Kier alpha value is -1.89. The molecule has 0 fully saturated rings. The van der Waals surface area contributed by atoms with Crippen LogP contribution in [0.5, 0.6) is 11.5 Å². The highest BCUT2D eigenvalue weighted by Gasteiger charge is 2.30. The van der Waals surface area contributed by atoms with E-state index in [1.54, 1.807) is 24.3 Å². The molecule has 1 aliphatic heterocycles. The smallest absolute Gasteiger partial charge is 0.327 e. The van der Waals surface area contributed by atoms with Crippen LogP contribution in [0.1, 0.15) is 0 Å². The minimum atomic E-state index is -1.14. The summed E-state index contributed by atoms with van der Waals surface area (Å²) in [5.41, 5.74) is 0. The molecule has 1 heterocycles. The van der Waals surface area contributed by atoms with Crippen LogP contribution in [0.25, 0.3) is 0 Å². The van der Waals surface area contributed by atoms with Crippen molar-refractivity contribution in [3.8, 4) is 11.5 Å². The van der Waals surface area contributed by atoms with Gasteiger partial charge in [0.2, 0.25) is 6.10 Å². The van der Waals surface area contributed by atoms with E-state index in [-0.39, 0.29) is 12.4 Å². The van der Waals surface area contributed by atoms with E-state index in [1.807, 2.05) is 0 Å². The van der Waals surface area contributed by atoms with Crippen LogP contribution in [0.3, 0.4) is 0 Å². The average Bonchev–Trinajstić information content (AvgIpc) is 2.43. The Bertz CT molecular complexity index is 493. The Kier molecular flexibility index (Phi) is 4.16. The summed E-state index contributed by atoms with van der Waals surface area (Å²) >= 11 is 3.87. The summed E-state index contributed by atoms with van der Waals surface area (Å²) in [6.07, 6.45) is -0.864. The minimum absolute atomic E-state index is 0.00520. The molecule has 0 radical (unpaired) electrons. The Morgan fingerprint density at radius 2 is 2.11 bits per heavy atom. The molecule has 1 aliphatic rings. The molecular weight excluding hydrogens is 270 g/mol. The molecular formula is C12H13NO5S. The Balaban J connectivity index is 2.01. The zero-order valence-electron chi connectivity index (χ0n) is 9.91. The van der Waals surface area contributed by atoms with Gasteiger partial charge in [-0.05, 0) is 12.1 Å². The summed E-state index contributed by atoms with van der Waals surface area (Å²) in [6.45, 7) is 0.0434. The van der Waals surface area contributed by atoms with Gasteiger partial charge in [0.15, 0.2) is 11.5 Å². The number of carbonyl (C=O) groups excluding carboxylic acids is 1. The van der Waals surface area contributed by atoms with Gasteiger partial charge < -0.3 is 19.9 Å². The molecule has 0 bridgehead atoms. The highest BCUT2D eigenvalue weighted by molar-refractivity contribution is 7.80. The van der Waals surface area contributed by atoms with E-state index < -0.39 is 24.0 Å². The number of hydrogen-bond acceptors (Lipinski definition) is 5. The van der Waals surface area contributed by atoms with Crippen LogP contribution in [-0.4, -0.2) is 41.5 Å². The van der Waals surface area contributed by atoms with Crippen LogP contribution in [0.4, 0.5) is 0 Å². The number of thiol groups is 1. The number of hydrogen-bond donors (Lipinski definition) is 3. The number of carboxylic acid groups (broad SMARTS) is 1. The number of nitrogens with one attached hydrogen (secondary N) is 1. The lowest BCUT2D eigenvalue weighted by Crippen LogP contribution is -2.50. The van der Waals surface area contributed by atoms with Crippen molar-refractivity contribution in [1.82, 2.24) is 5.32 Å². The van der Waals surface area contributed by atoms with Crippen LogP contribution in [0.15, 0.2) is 24.3 Å². The van der Waals surface area contributed by atoms with Gasteiger partial charge in [-0.15, -0.1) is 0 Å². The zero-order chi connectivity index (χ0) is 13.8. The average molecular weight is 283 g/mol. The fourth-order valence-electron chi connectivity index (χ4n) is 1.60. The first-order chi connectivity index (χ1) is 9.11. The van der Waals surface area contributed by atoms with E-state index in [0.29, 0.717) is 11.5 Å². The number of aliphatic carboxylic acids is 1. The first-order valence-corrected chi connectivity index (χ1v) is 6.27. The van der Waals surface area contributed by atoms with Crippen molar-refractivity contribution in [2.24, 2.45) is 0 Å². The number of carbonyl (C=O) groups is 2. The third kappa shape index (κ3) is 3.11. The number of para-hydroxylation sites is 2. The van der Waals surface area contributed by atoms with Crippen LogP contribution in [-0.2, 0) is 9.59 Å². The topological polar surface area (TPSA) is 84.9 Å². The molecule has 6 nitrogen and oxygen atoms in total. The first kappa shape index (κ1) is 13.5. The molecule has 19 heavy (non-hydrogen) atoms. The van der Waals surface area contributed by atoms with Gasteiger partial charge in [0, 0.05) is 5.75 Å². The predicted octanol–water partition coefficient (Wildman–Crippen LogP) is 0.326. The lowest BCUT2D eigenvalue weighted by atomic mass is 10.2. The number of carboxylic acids is 1. The lowest BCUT2D eigenvalue weighted by molar-refractivity contribution is -0.143. The van der Waals surface area contributed by atoms with E-state index in [2.05, 4.69) is 17.9 Å². The summed E-state index contributed by atoms with van der Waals surface area (Å²) in [5, 5.41) is 11.2. The molecule has 7 heteroatoms. The Morgan fingerprint density at radius 1 is 1.42 bits per heavy atom. The van der Waals surface area contributed by atoms with E-state index in [0.717, 1.165) is 0 Å². The van der Waals surface area contributed by atoms with Crippen LogP contribution in [0, 0.1) is 0 Å². The van der Waals surface area contributed by atoms with Gasteiger partial charge >= 0.3 is 5.97 Å². The molecule has 2 atom stereocenters. The predicted molar refractivity (Wildman–Crippen MR) is 69.8 cm³/mol. The van der Waals surface area contributed by atoms with Crippen molar-refractivity contribution in [3.63, 3.8) is 0 Å². The van der Waals surface area contributed by atoms with Gasteiger partial charge in [-0.1, -0.05) is 12.1 Å². The largest absolute Gasteiger partial charge is 0.485 e. The summed E-state index contributed by atoms with van der Waals surface area (Å²) in [5.74, 6) is -0.635. The van der Waals surface area contributed by atoms with Crippen molar-refractivity contribution < 1.29 is 24.2 Å². The fourth-order valence-corrected chi connectivity index (χ4v) is 1.85. The number of fused-ring (bicyclic) bond motifs is 1. The zero-order valence-corrected chi connectivity index (χ0v) is 10.8. The van der Waals surface area contributed by atoms with Gasteiger partial charge in [-0.25, -0.2) is 4.79 Å². The lowest BCUT2D eigenvalue weighted by Gasteiger charge is -2.26. The van der Waals surface area contributed by atoms with Crippen LogP contribution in [0.2, 0.25) is 0 Å². The highest BCUT2D eigenvalue weighted by atomic mass is 32.1. The molecule has 2 N–H and O–H groups in total. The summed E-state index contributed by atoms with van der Waals surface area (Å²) in [4.78, 5) is 22.7. The fraction of sp³-hybridized carbons (Fsp3) is 0.333. The number of amides is 1. The van der Waals surface area contributed by atoms with Crippen LogP contribution < -0.4 is 14.8 Å². The third-order valence-electron chi connectivity index (χ3n) is 2.60. The molecule has 2 unspecified atom stereocenters. The first-order valence-electron chi connectivity index (χ1n) is 5.64. The van der Waals surface area contributed by atoms with Gasteiger partial charge in [0.05, 0.1) is 0 Å². The van der Waals surface area contributed by atoms with E-state index in [4.69, 9.17) is 14.6 Å². The van der Waals surface area contributed by atoms with E-state index in [9.17, 15) is 9.59 Å².